The number of thiophene rings is 1. The average Bonchev–Trinajstić information content (AvgIpc) is 2.70. The van der Waals surface area contributed by atoms with E-state index in [1.165, 1.54) is 23.6 Å². The molecule has 0 saturated carbocycles. The molecule has 2 aromatic heterocycles. The molecule has 4 heteroatoms. The van der Waals surface area contributed by atoms with Crippen molar-refractivity contribution in [2.24, 2.45) is 0 Å². The second-order valence-corrected chi connectivity index (χ2v) is 3.64. The molecule has 1 N–H and O–H groups in total. The van der Waals surface area contributed by atoms with E-state index in [1.54, 1.807) is 11.4 Å². The molecule has 14 heavy (non-hydrogen) atoms. The van der Waals surface area contributed by atoms with Gasteiger partial charge in [0.15, 0.2) is 0 Å². The first-order valence-corrected chi connectivity index (χ1v) is 5.03. The molecule has 0 bridgehead atoms. The summed E-state index contributed by atoms with van der Waals surface area (Å²) in [6, 6.07) is 3.26. The summed E-state index contributed by atoms with van der Waals surface area (Å²) in [6.45, 7) is 0. The number of nitrogens with zero attached hydrogens (tertiary/aromatic N) is 1. The molecule has 2 aromatic rings. The van der Waals surface area contributed by atoms with E-state index in [4.69, 9.17) is 0 Å². The highest BCUT2D eigenvalue weighted by Gasteiger charge is 2.14. The van der Waals surface area contributed by atoms with Crippen LogP contribution in [0.4, 0.5) is 4.39 Å². The van der Waals surface area contributed by atoms with Gasteiger partial charge in [-0.05, 0) is 28.5 Å². The van der Waals surface area contributed by atoms with Crippen LogP contribution in [0, 0.1) is 5.82 Å². The number of pyridine rings is 1. The van der Waals surface area contributed by atoms with Crippen LogP contribution in [0.15, 0.2) is 35.3 Å². The molecular formula is C10H8FNOS. The highest BCUT2D eigenvalue weighted by atomic mass is 32.1. The lowest BCUT2D eigenvalue weighted by atomic mass is 10.1. The maximum atomic E-state index is 13.2. The highest BCUT2D eigenvalue weighted by Crippen LogP contribution is 2.24. The average molecular weight is 209 g/mol. The Labute approximate surface area is 84.7 Å². The number of aliphatic hydroxyl groups excluding tert-OH is 1. The molecule has 0 saturated heterocycles. The Balaban J connectivity index is 2.37. The topological polar surface area (TPSA) is 33.1 Å². The van der Waals surface area contributed by atoms with Crippen molar-refractivity contribution in [3.63, 3.8) is 0 Å². The molecule has 0 aliphatic rings. The van der Waals surface area contributed by atoms with Gasteiger partial charge in [0.1, 0.15) is 11.9 Å². The second-order valence-electron chi connectivity index (χ2n) is 2.86. The predicted octanol–water partition coefficient (Wildman–Crippen LogP) is 2.36. The molecule has 0 aliphatic heterocycles. The quantitative estimate of drug-likeness (QED) is 0.823. The van der Waals surface area contributed by atoms with Gasteiger partial charge in [0.05, 0.1) is 6.20 Å². The number of aliphatic hydroxyl groups is 1. The lowest BCUT2D eigenvalue weighted by Crippen LogP contribution is -2.01. The van der Waals surface area contributed by atoms with Crippen molar-refractivity contribution >= 4 is 11.3 Å². The van der Waals surface area contributed by atoms with Crippen molar-refractivity contribution in [2.75, 3.05) is 0 Å². The predicted molar refractivity (Wildman–Crippen MR) is 52.6 cm³/mol. The molecule has 0 aliphatic carbocycles. The van der Waals surface area contributed by atoms with Crippen LogP contribution >= 0.6 is 11.3 Å². The van der Waals surface area contributed by atoms with Gasteiger partial charge in [-0.3, -0.25) is 4.98 Å². The standard InChI is InChI=1S/C10H8FNOS/c11-9-5-12-3-1-8(9)10(13)7-2-4-14-6-7/h1-6,10,13H. The second kappa shape index (κ2) is 3.86. The Morgan fingerprint density at radius 2 is 2.29 bits per heavy atom. The van der Waals surface area contributed by atoms with Crippen molar-refractivity contribution in [1.29, 1.82) is 0 Å². The Morgan fingerprint density at radius 3 is 2.93 bits per heavy atom. The summed E-state index contributed by atoms with van der Waals surface area (Å²) in [5.41, 5.74) is 0.971. The van der Waals surface area contributed by atoms with Crippen molar-refractivity contribution in [1.82, 2.24) is 4.98 Å². The first-order valence-electron chi connectivity index (χ1n) is 4.08. The van der Waals surface area contributed by atoms with Crippen LogP contribution in [-0.4, -0.2) is 10.1 Å². The minimum absolute atomic E-state index is 0.262. The smallest absolute Gasteiger partial charge is 0.147 e. The van der Waals surface area contributed by atoms with E-state index in [0.29, 0.717) is 5.56 Å². The number of hydrogen-bond acceptors (Lipinski definition) is 3. The summed E-state index contributed by atoms with van der Waals surface area (Å²) in [5.74, 6) is -0.480. The first kappa shape index (κ1) is 9.30. The van der Waals surface area contributed by atoms with Crippen LogP contribution in [-0.2, 0) is 0 Å². The maximum Gasteiger partial charge on any atom is 0.147 e. The lowest BCUT2D eigenvalue weighted by molar-refractivity contribution is 0.215. The first-order chi connectivity index (χ1) is 6.79. The van der Waals surface area contributed by atoms with Gasteiger partial charge in [0, 0.05) is 11.8 Å². The van der Waals surface area contributed by atoms with Crippen LogP contribution in [0.25, 0.3) is 0 Å². The van der Waals surface area contributed by atoms with E-state index in [1.807, 2.05) is 5.38 Å². The fraction of sp³-hybridized carbons (Fsp3) is 0.100. The molecule has 1 unspecified atom stereocenters. The van der Waals surface area contributed by atoms with E-state index in [-0.39, 0.29) is 5.56 Å². The molecule has 2 heterocycles. The molecule has 0 amide bonds. The summed E-state index contributed by atoms with van der Waals surface area (Å²) >= 11 is 1.47. The number of halogens is 1. The van der Waals surface area contributed by atoms with E-state index in [2.05, 4.69) is 4.98 Å². The van der Waals surface area contributed by atoms with Crippen molar-refractivity contribution in [3.05, 3.63) is 52.2 Å². The van der Waals surface area contributed by atoms with Gasteiger partial charge in [-0.15, -0.1) is 0 Å². The van der Waals surface area contributed by atoms with Crippen LogP contribution in [0.3, 0.4) is 0 Å². The summed E-state index contributed by atoms with van der Waals surface area (Å²) in [4.78, 5) is 3.63. The minimum atomic E-state index is -0.899. The Morgan fingerprint density at radius 1 is 1.43 bits per heavy atom. The van der Waals surface area contributed by atoms with Crippen LogP contribution < -0.4 is 0 Å². The van der Waals surface area contributed by atoms with Crippen LogP contribution in [0.1, 0.15) is 17.2 Å². The molecule has 72 valence electrons. The molecule has 0 aromatic carbocycles. The van der Waals surface area contributed by atoms with E-state index in [0.717, 1.165) is 6.20 Å². The molecular weight excluding hydrogens is 201 g/mol. The summed E-state index contributed by atoms with van der Waals surface area (Å²) in [7, 11) is 0. The molecule has 2 nitrogen and oxygen atoms in total. The van der Waals surface area contributed by atoms with Gasteiger partial charge < -0.3 is 5.11 Å². The normalized spacial score (nSPS) is 12.7. The molecule has 0 radical (unpaired) electrons. The summed E-state index contributed by atoms with van der Waals surface area (Å²) < 4.78 is 13.2. The SMILES string of the molecule is OC(c1ccsc1)c1ccncc1F. The maximum absolute atomic E-state index is 13.2. The van der Waals surface area contributed by atoms with Gasteiger partial charge in [-0.25, -0.2) is 4.39 Å². The summed E-state index contributed by atoms with van der Waals surface area (Å²) in [5, 5.41) is 13.4. The lowest BCUT2D eigenvalue weighted by Gasteiger charge is -2.09. The minimum Gasteiger partial charge on any atom is -0.384 e. The Bertz CT molecular complexity index is 416. The van der Waals surface area contributed by atoms with Gasteiger partial charge in [0.2, 0.25) is 0 Å². The van der Waals surface area contributed by atoms with Crippen molar-refractivity contribution in [3.8, 4) is 0 Å². The van der Waals surface area contributed by atoms with Gasteiger partial charge in [0.25, 0.3) is 0 Å². The van der Waals surface area contributed by atoms with Gasteiger partial charge in [-0.1, -0.05) is 0 Å². The molecule has 2 rings (SSSR count). The molecule has 0 spiro atoms. The number of hydrogen-bond donors (Lipinski definition) is 1. The van der Waals surface area contributed by atoms with Crippen LogP contribution in [0.2, 0.25) is 0 Å². The van der Waals surface area contributed by atoms with Crippen molar-refractivity contribution in [2.45, 2.75) is 6.10 Å². The number of aromatic nitrogens is 1. The fourth-order valence-corrected chi connectivity index (χ4v) is 1.90. The zero-order chi connectivity index (χ0) is 9.97. The monoisotopic (exact) mass is 209 g/mol. The molecule has 0 fully saturated rings. The Hall–Kier alpha value is -1.26. The zero-order valence-corrected chi connectivity index (χ0v) is 8.04. The van der Waals surface area contributed by atoms with Gasteiger partial charge in [-0.2, -0.15) is 11.3 Å². The highest BCUT2D eigenvalue weighted by molar-refractivity contribution is 7.07. The third-order valence-corrected chi connectivity index (χ3v) is 2.66. The zero-order valence-electron chi connectivity index (χ0n) is 7.22. The van der Waals surface area contributed by atoms with Crippen molar-refractivity contribution < 1.29 is 9.50 Å². The van der Waals surface area contributed by atoms with E-state index < -0.39 is 11.9 Å². The largest absolute Gasteiger partial charge is 0.384 e. The van der Waals surface area contributed by atoms with E-state index in [9.17, 15) is 9.50 Å². The third kappa shape index (κ3) is 1.66. The summed E-state index contributed by atoms with van der Waals surface area (Å²) in [6.07, 6.45) is 1.67. The van der Waals surface area contributed by atoms with Gasteiger partial charge >= 0.3 is 0 Å². The Kier molecular flexibility index (Phi) is 2.56. The third-order valence-electron chi connectivity index (χ3n) is 1.96. The fourth-order valence-electron chi connectivity index (χ4n) is 1.22. The van der Waals surface area contributed by atoms with Crippen LogP contribution in [0.5, 0.6) is 0 Å². The molecule has 1 atom stereocenters. The van der Waals surface area contributed by atoms with E-state index >= 15 is 0 Å². The number of rotatable bonds is 2.